The van der Waals surface area contributed by atoms with E-state index in [0.717, 1.165) is 37.2 Å². The first kappa shape index (κ1) is 16.7. The molecule has 2 N–H and O–H groups in total. The van der Waals surface area contributed by atoms with Gasteiger partial charge in [0.05, 0.1) is 6.10 Å². The number of pyridine rings is 1. The SMILES string of the molecule is O=C(NCc1ccccc1Cl)c1cc(NCC2CCCO2)ccn1. The van der Waals surface area contributed by atoms with E-state index in [2.05, 4.69) is 15.6 Å². The predicted molar refractivity (Wildman–Crippen MR) is 94.3 cm³/mol. The summed E-state index contributed by atoms with van der Waals surface area (Å²) in [5.41, 5.74) is 2.11. The first-order valence-corrected chi connectivity index (χ1v) is 8.43. The van der Waals surface area contributed by atoms with Crippen molar-refractivity contribution in [1.29, 1.82) is 0 Å². The predicted octanol–water partition coefficient (Wildman–Crippen LogP) is 3.26. The molecule has 0 spiro atoms. The lowest BCUT2D eigenvalue weighted by atomic mass is 10.2. The lowest BCUT2D eigenvalue weighted by molar-refractivity contribution is 0.0946. The van der Waals surface area contributed by atoms with E-state index in [-0.39, 0.29) is 12.0 Å². The highest BCUT2D eigenvalue weighted by Crippen LogP contribution is 2.16. The summed E-state index contributed by atoms with van der Waals surface area (Å²) in [7, 11) is 0. The largest absolute Gasteiger partial charge is 0.382 e. The third-order valence-electron chi connectivity index (χ3n) is 3.95. The van der Waals surface area contributed by atoms with Crippen LogP contribution in [-0.2, 0) is 11.3 Å². The molecule has 2 heterocycles. The molecule has 6 heteroatoms. The van der Waals surface area contributed by atoms with Gasteiger partial charge in [0.1, 0.15) is 5.69 Å². The molecule has 1 amide bonds. The summed E-state index contributed by atoms with van der Waals surface area (Å²) < 4.78 is 5.58. The highest BCUT2D eigenvalue weighted by molar-refractivity contribution is 6.31. The molecule has 1 unspecified atom stereocenters. The second kappa shape index (κ2) is 8.13. The molecule has 2 aromatic rings. The molecule has 1 atom stereocenters. The number of halogens is 1. The van der Waals surface area contributed by atoms with Gasteiger partial charge in [-0.2, -0.15) is 0 Å². The standard InChI is InChI=1S/C18H20ClN3O2/c19-16-6-2-1-4-13(16)11-22-18(23)17-10-14(7-8-20-17)21-12-15-5-3-9-24-15/h1-2,4,6-8,10,15H,3,5,9,11-12H2,(H,20,21)(H,22,23). The Morgan fingerprint density at radius 3 is 3.00 bits per heavy atom. The van der Waals surface area contributed by atoms with Crippen LogP contribution in [0, 0.1) is 0 Å². The van der Waals surface area contributed by atoms with E-state index in [1.807, 2.05) is 24.3 Å². The maximum absolute atomic E-state index is 12.3. The van der Waals surface area contributed by atoms with Gasteiger partial charge in [-0.15, -0.1) is 0 Å². The second-order valence-electron chi connectivity index (χ2n) is 5.72. The highest BCUT2D eigenvalue weighted by Gasteiger charge is 2.15. The van der Waals surface area contributed by atoms with E-state index < -0.39 is 0 Å². The number of hydrogen-bond acceptors (Lipinski definition) is 4. The Labute approximate surface area is 146 Å². The van der Waals surface area contributed by atoms with E-state index >= 15 is 0 Å². The minimum Gasteiger partial charge on any atom is -0.382 e. The third-order valence-corrected chi connectivity index (χ3v) is 4.32. The van der Waals surface area contributed by atoms with Crippen LogP contribution >= 0.6 is 11.6 Å². The molecule has 3 rings (SSSR count). The Hall–Kier alpha value is -2.11. The topological polar surface area (TPSA) is 63.2 Å². The van der Waals surface area contributed by atoms with Crippen molar-refractivity contribution in [2.45, 2.75) is 25.5 Å². The van der Waals surface area contributed by atoms with E-state index in [1.165, 1.54) is 0 Å². The first-order valence-electron chi connectivity index (χ1n) is 8.05. The maximum atomic E-state index is 12.3. The molecular weight excluding hydrogens is 326 g/mol. The van der Waals surface area contributed by atoms with Gasteiger partial charge < -0.3 is 15.4 Å². The summed E-state index contributed by atoms with van der Waals surface area (Å²) in [5, 5.41) is 6.78. The second-order valence-corrected chi connectivity index (χ2v) is 6.13. The molecule has 1 aliphatic rings. The summed E-state index contributed by atoms with van der Waals surface area (Å²) in [5.74, 6) is -0.226. The van der Waals surface area contributed by atoms with Crippen molar-refractivity contribution in [2.75, 3.05) is 18.5 Å². The maximum Gasteiger partial charge on any atom is 0.270 e. The number of nitrogens with zero attached hydrogens (tertiary/aromatic N) is 1. The van der Waals surface area contributed by atoms with E-state index in [0.29, 0.717) is 17.3 Å². The average molecular weight is 346 g/mol. The Bertz CT molecular complexity index is 702. The fourth-order valence-electron chi connectivity index (χ4n) is 2.61. The van der Waals surface area contributed by atoms with Crippen molar-refractivity contribution >= 4 is 23.2 Å². The van der Waals surface area contributed by atoms with Crippen LogP contribution in [-0.4, -0.2) is 30.1 Å². The summed E-state index contributed by atoms with van der Waals surface area (Å²) in [6.07, 6.45) is 4.06. The van der Waals surface area contributed by atoms with Gasteiger partial charge in [-0.05, 0) is 36.6 Å². The van der Waals surface area contributed by atoms with Crippen LogP contribution in [0.25, 0.3) is 0 Å². The van der Waals surface area contributed by atoms with Crippen LogP contribution in [0.5, 0.6) is 0 Å². The molecule has 1 aliphatic heterocycles. The normalized spacial score (nSPS) is 16.8. The number of amides is 1. The lowest BCUT2D eigenvalue weighted by Gasteiger charge is -2.12. The molecule has 0 radical (unpaired) electrons. The molecule has 0 aliphatic carbocycles. The zero-order valence-electron chi connectivity index (χ0n) is 13.3. The van der Waals surface area contributed by atoms with Gasteiger partial charge in [0.2, 0.25) is 0 Å². The fourth-order valence-corrected chi connectivity index (χ4v) is 2.81. The van der Waals surface area contributed by atoms with Crippen molar-refractivity contribution in [1.82, 2.24) is 10.3 Å². The Morgan fingerprint density at radius 1 is 1.33 bits per heavy atom. The lowest BCUT2D eigenvalue weighted by Crippen LogP contribution is -2.24. The number of aromatic nitrogens is 1. The highest BCUT2D eigenvalue weighted by atomic mass is 35.5. The number of carbonyl (C=O) groups is 1. The molecule has 126 valence electrons. The van der Waals surface area contributed by atoms with E-state index in [4.69, 9.17) is 16.3 Å². The van der Waals surface area contributed by atoms with E-state index in [1.54, 1.807) is 18.3 Å². The van der Waals surface area contributed by atoms with Crippen LogP contribution in [0.1, 0.15) is 28.9 Å². The van der Waals surface area contributed by atoms with Gasteiger partial charge in [-0.25, -0.2) is 0 Å². The molecule has 0 bridgehead atoms. The molecule has 5 nitrogen and oxygen atoms in total. The van der Waals surface area contributed by atoms with Gasteiger partial charge in [-0.1, -0.05) is 29.8 Å². The van der Waals surface area contributed by atoms with Crippen molar-refractivity contribution in [3.05, 3.63) is 58.9 Å². The van der Waals surface area contributed by atoms with Crippen LogP contribution in [0.4, 0.5) is 5.69 Å². The minimum atomic E-state index is -0.226. The van der Waals surface area contributed by atoms with Crippen LogP contribution in [0.3, 0.4) is 0 Å². The van der Waals surface area contributed by atoms with Gasteiger partial charge in [0, 0.05) is 36.6 Å². The van der Waals surface area contributed by atoms with Crippen LogP contribution < -0.4 is 10.6 Å². The van der Waals surface area contributed by atoms with Crippen molar-refractivity contribution < 1.29 is 9.53 Å². The molecule has 1 saturated heterocycles. The number of carbonyl (C=O) groups excluding carboxylic acids is 1. The molecule has 1 aromatic carbocycles. The summed E-state index contributed by atoms with van der Waals surface area (Å²) in [4.78, 5) is 16.4. The number of nitrogens with one attached hydrogen (secondary N) is 2. The smallest absolute Gasteiger partial charge is 0.270 e. The molecule has 1 fully saturated rings. The number of hydrogen-bond donors (Lipinski definition) is 2. The van der Waals surface area contributed by atoms with Crippen molar-refractivity contribution in [3.63, 3.8) is 0 Å². The number of benzene rings is 1. The zero-order valence-corrected chi connectivity index (χ0v) is 14.1. The van der Waals surface area contributed by atoms with Gasteiger partial charge in [0.15, 0.2) is 0 Å². The van der Waals surface area contributed by atoms with E-state index in [9.17, 15) is 4.79 Å². The van der Waals surface area contributed by atoms with Gasteiger partial charge >= 0.3 is 0 Å². The quantitative estimate of drug-likeness (QED) is 0.843. The van der Waals surface area contributed by atoms with Gasteiger partial charge in [0.25, 0.3) is 5.91 Å². The van der Waals surface area contributed by atoms with Crippen molar-refractivity contribution in [2.24, 2.45) is 0 Å². The number of ether oxygens (including phenoxy) is 1. The Morgan fingerprint density at radius 2 is 2.21 bits per heavy atom. The van der Waals surface area contributed by atoms with Gasteiger partial charge in [-0.3, -0.25) is 9.78 Å². The number of anilines is 1. The minimum absolute atomic E-state index is 0.226. The van der Waals surface area contributed by atoms with Crippen molar-refractivity contribution in [3.8, 4) is 0 Å². The zero-order chi connectivity index (χ0) is 16.8. The fraction of sp³-hybridized carbons (Fsp3) is 0.333. The molecule has 24 heavy (non-hydrogen) atoms. The summed E-state index contributed by atoms with van der Waals surface area (Å²) in [6, 6.07) is 11.0. The van der Waals surface area contributed by atoms with Crippen LogP contribution in [0.2, 0.25) is 5.02 Å². The molecular formula is C18H20ClN3O2. The summed E-state index contributed by atoms with van der Waals surface area (Å²) >= 11 is 6.09. The van der Waals surface area contributed by atoms with Crippen LogP contribution in [0.15, 0.2) is 42.6 Å². The Kier molecular flexibility index (Phi) is 5.67. The third kappa shape index (κ3) is 4.46. The monoisotopic (exact) mass is 345 g/mol. The average Bonchev–Trinajstić information content (AvgIpc) is 3.13. The summed E-state index contributed by atoms with van der Waals surface area (Å²) in [6.45, 7) is 1.94. The molecule has 1 aromatic heterocycles. The number of rotatable bonds is 6. The first-order chi connectivity index (χ1) is 11.7. The Balaban J connectivity index is 1.56. The molecule has 0 saturated carbocycles.